The van der Waals surface area contributed by atoms with E-state index in [0.717, 1.165) is 24.0 Å². The largest absolute Gasteiger partial charge is 0.327 e. The van der Waals surface area contributed by atoms with E-state index in [2.05, 4.69) is 33.9 Å². The fourth-order valence-electron chi connectivity index (χ4n) is 7.70. The molecule has 0 aromatic carbocycles. The molecular weight excluding hydrogens is 352 g/mol. The molecule has 4 rings (SSSR count). The molecule has 0 spiro atoms. The van der Waals surface area contributed by atoms with Gasteiger partial charge in [-0.2, -0.15) is 0 Å². The Morgan fingerprint density at radius 1 is 1.21 bits per heavy atom. The highest BCUT2D eigenvalue weighted by molar-refractivity contribution is 5.48. The average molecular weight is 388 g/mol. The van der Waals surface area contributed by atoms with Gasteiger partial charge in [0.25, 0.3) is 0 Å². The minimum absolute atomic E-state index is 0.0948. The van der Waals surface area contributed by atoms with Gasteiger partial charge in [-0.3, -0.25) is 0 Å². The summed E-state index contributed by atoms with van der Waals surface area (Å²) in [6.07, 6.45) is 6.88. The SMILES string of the molecule is C=C1C=CC2(C)C(=C1)[C@@H](F)CC1C3C[C@@H](C)C(C)(C(=C)CN)C3(C)CC[C@@]12F. The molecule has 8 atom stereocenters. The van der Waals surface area contributed by atoms with E-state index in [0.29, 0.717) is 24.5 Å². The Balaban J connectivity index is 1.82. The lowest BCUT2D eigenvalue weighted by atomic mass is 9.43. The Labute approximate surface area is 168 Å². The van der Waals surface area contributed by atoms with Crippen LogP contribution in [0.4, 0.5) is 8.78 Å². The smallest absolute Gasteiger partial charge is 0.126 e. The van der Waals surface area contributed by atoms with E-state index in [1.807, 2.05) is 19.1 Å². The highest BCUT2D eigenvalue weighted by Gasteiger charge is 2.71. The van der Waals surface area contributed by atoms with Crippen LogP contribution in [0, 0.1) is 34.0 Å². The van der Waals surface area contributed by atoms with E-state index >= 15 is 8.78 Å². The molecule has 1 nitrogen and oxygen atoms in total. The molecule has 0 aliphatic heterocycles. The van der Waals surface area contributed by atoms with Crippen molar-refractivity contribution in [3.8, 4) is 0 Å². The topological polar surface area (TPSA) is 26.0 Å². The first kappa shape index (κ1) is 20.1. The first-order chi connectivity index (χ1) is 13.0. The molecule has 0 heterocycles. The second-order valence-corrected chi connectivity index (χ2v) is 10.6. The van der Waals surface area contributed by atoms with Crippen molar-refractivity contribution in [3.05, 3.63) is 48.1 Å². The third-order valence-electron chi connectivity index (χ3n) is 9.89. The molecule has 0 aromatic heterocycles. The van der Waals surface area contributed by atoms with Crippen LogP contribution in [0.2, 0.25) is 0 Å². The lowest BCUT2D eigenvalue weighted by Gasteiger charge is -2.62. The summed E-state index contributed by atoms with van der Waals surface area (Å²) < 4.78 is 32.4. The van der Waals surface area contributed by atoms with E-state index in [4.69, 9.17) is 5.73 Å². The predicted molar refractivity (Wildman–Crippen MR) is 112 cm³/mol. The van der Waals surface area contributed by atoms with E-state index < -0.39 is 17.3 Å². The molecule has 0 amide bonds. The lowest BCUT2D eigenvalue weighted by Crippen LogP contribution is -2.62. The van der Waals surface area contributed by atoms with E-state index in [9.17, 15) is 0 Å². The van der Waals surface area contributed by atoms with Crippen molar-refractivity contribution >= 4 is 0 Å². The normalized spacial score (nSPS) is 52.5. The molecule has 0 aromatic rings. The van der Waals surface area contributed by atoms with Gasteiger partial charge in [0.05, 0.1) is 0 Å². The van der Waals surface area contributed by atoms with Gasteiger partial charge in [0.1, 0.15) is 11.8 Å². The Kier molecular flexibility index (Phi) is 4.23. The summed E-state index contributed by atoms with van der Waals surface area (Å²) in [5.41, 5.74) is 5.90. The van der Waals surface area contributed by atoms with Crippen molar-refractivity contribution in [2.45, 2.75) is 65.2 Å². The van der Waals surface area contributed by atoms with Crippen LogP contribution in [-0.2, 0) is 0 Å². The Morgan fingerprint density at radius 3 is 2.54 bits per heavy atom. The standard InChI is InChI=1S/C25H35F2N/c1-15-7-8-23(5)20(11-15)21(26)13-19-18-12-16(2)24(6,17(3)14-28)22(18,4)9-10-25(19,23)27/h7-8,11,16,18-19,21H,1,3,9-10,12-14,28H2,2,4-6H3/t16-,18?,19?,21+,22?,23?,24?,25-/m1/s1. The fraction of sp³-hybridized carbons (Fsp3) is 0.680. The van der Waals surface area contributed by atoms with Crippen LogP contribution in [0.1, 0.15) is 53.4 Å². The van der Waals surface area contributed by atoms with Crippen molar-refractivity contribution in [2.24, 2.45) is 39.7 Å². The quantitative estimate of drug-likeness (QED) is 0.570. The summed E-state index contributed by atoms with van der Waals surface area (Å²) in [5.74, 6) is 0.226. The molecule has 2 N–H and O–H groups in total. The number of hydrogen-bond donors (Lipinski definition) is 1. The summed E-state index contributed by atoms with van der Waals surface area (Å²) in [4.78, 5) is 0. The number of alkyl halides is 2. The summed E-state index contributed by atoms with van der Waals surface area (Å²) in [6.45, 7) is 17.4. The van der Waals surface area contributed by atoms with Crippen LogP contribution >= 0.6 is 0 Å². The van der Waals surface area contributed by atoms with Gasteiger partial charge in [0, 0.05) is 17.9 Å². The molecule has 0 radical (unpaired) electrons. The van der Waals surface area contributed by atoms with Gasteiger partial charge in [-0.25, -0.2) is 8.78 Å². The van der Waals surface area contributed by atoms with E-state index in [-0.39, 0.29) is 29.1 Å². The third-order valence-corrected chi connectivity index (χ3v) is 9.89. The summed E-state index contributed by atoms with van der Waals surface area (Å²) in [5, 5.41) is 0. The molecule has 4 aliphatic carbocycles. The van der Waals surface area contributed by atoms with Crippen LogP contribution in [0.5, 0.6) is 0 Å². The number of nitrogens with two attached hydrogens (primary N) is 1. The lowest BCUT2D eigenvalue weighted by molar-refractivity contribution is -0.144. The maximum absolute atomic E-state index is 17.0. The molecule has 28 heavy (non-hydrogen) atoms. The Bertz CT molecular complexity index is 796. The van der Waals surface area contributed by atoms with Gasteiger partial charge in [0.15, 0.2) is 0 Å². The number of fused-ring (bicyclic) bond motifs is 5. The van der Waals surface area contributed by atoms with Gasteiger partial charge in [0.2, 0.25) is 0 Å². The number of rotatable bonds is 2. The third kappa shape index (κ3) is 2.10. The summed E-state index contributed by atoms with van der Waals surface area (Å²) >= 11 is 0. The van der Waals surface area contributed by atoms with Gasteiger partial charge < -0.3 is 5.73 Å². The molecule has 154 valence electrons. The summed E-state index contributed by atoms with van der Waals surface area (Å²) in [6, 6.07) is 0. The molecule has 3 saturated carbocycles. The zero-order valence-electron chi connectivity index (χ0n) is 17.8. The predicted octanol–water partition coefficient (Wildman–Crippen LogP) is 6.09. The zero-order valence-corrected chi connectivity index (χ0v) is 17.8. The molecule has 0 bridgehead atoms. The fourth-order valence-corrected chi connectivity index (χ4v) is 7.70. The van der Waals surface area contributed by atoms with Crippen LogP contribution in [0.15, 0.2) is 48.1 Å². The van der Waals surface area contributed by atoms with Crippen LogP contribution < -0.4 is 5.73 Å². The second kappa shape index (κ2) is 5.90. The molecule has 3 heteroatoms. The first-order valence-electron chi connectivity index (χ1n) is 10.8. The summed E-state index contributed by atoms with van der Waals surface area (Å²) in [7, 11) is 0. The molecule has 4 aliphatic rings. The monoisotopic (exact) mass is 387 g/mol. The molecular formula is C25H35F2N. The maximum Gasteiger partial charge on any atom is 0.126 e. The van der Waals surface area contributed by atoms with Crippen molar-refractivity contribution < 1.29 is 8.78 Å². The zero-order chi connectivity index (χ0) is 20.7. The minimum Gasteiger partial charge on any atom is -0.327 e. The molecule has 5 unspecified atom stereocenters. The van der Waals surface area contributed by atoms with E-state index in [1.54, 1.807) is 6.08 Å². The maximum atomic E-state index is 17.0. The number of hydrogen-bond acceptors (Lipinski definition) is 1. The van der Waals surface area contributed by atoms with Gasteiger partial charge >= 0.3 is 0 Å². The van der Waals surface area contributed by atoms with Crippen molar-refractivity contribution in [3.63, 3.8) is 0 Å². The Hall–Kier alpha value is -1.22. The van der Waals surface area contributed by atoms with Crippen molar-refractivity contribution in [1.29, 1.82) is 0 Å². The number of allylic oxidation sites excluding steroid dienone is 5. The van der Waals surface area contributed by atoms with Gasteiger partial charge in [-0.15, -0.1) is 0 Å². The highest BCUT2D eigenvalue weighted by Crippen LogP contribution is 2.74. The van der Waals surface area contributed by atoms with Gasteiger partial charge in [-0.1, -0.05) is 57.7 Å². The average Bonchev–Trinajstić information content (AvgIpc) is 2.86. The molecule has 0 saturated heterocycles. The van der Waals surface area contributed by atoms with Gasteiger partial charge in [-0.05, 0) is 66.4 Å². The minimum atomic E-state index is -1.42. The second-order valence-electron chi connectivity index (χ2n) is 10.6. The first-order valence-corrected chi connectivity index (χ1v) is 10.8. The van der Waals surface area contributed by atoms with E-state index in [1.165, 1.54) is 0 Å². The van der Waals surface area contributed by atoms with Crippen molar-refractivity contribution in [1.82, 2.24) is 0 Å². The van der Waals surface area contributed by atoms with Crippen LogP contribution in [-0.4, -0.2) is 18.4 Å². The van der Waals surface area contributed by atoms with Crippen molar-refractivity contribution in [2.75, 3.05) is 6.54 Å². The Morgan fingerprint density at radius 2 is 1.89 bits per heavy atom. The highest BCUT2D eigenvalue weighted by atomic mass is 19.1. The molecule has 3 fully saturated rings. The van der Waals surface area contributed by atoms with Crippen LogP contribution in [0.3, 0.4) is 0 Å². The number of halogens is 2. The van der Waals surface area contributed by atoms with Crippen LogP contribution in [0.25, 0.3) is 0 Å².